The van der Waals surface area contributed by atoms with Crippen LogP contribution in [0.5, 0.6) is 11.5 Å². The third kappa shape index (κ3) is 21.6. The highest BCUT2D eigenvalue weighted by Gasteiger charge is 2.31. The van der Waals surface area contributed by atoms with Crippen LogP contribution in [0.1, 0.15) is 236 Å². The molecule has 0 spiro atoms. The third-order valence-corrected chi connectivity index (χ3v) is 12.4. The van der Waals surface area contributed by atoms with Gasteiger partial charge in [0.15, 0.2) is 0 Å². The molecule has 0 aliphatic rings. The summed E-state index contributed by atoms with van der Waals surface area (Å²) in [6.07, 6.45) is 38.7. The molecule has 0 radical (unpaired) electrons. The molecule has 2 aromatic rings. The van der Waals surface area contributed by atoms with E-state index in [4.69, 9.17) is 4.74 Å². The molecule has 2 N–H and O–H groups in total. The van der Waals surface area contributed by atoms with E-state index in [9.17, 15) is 15.0 Å². The molecule has 0 saturated heterocycles. The second kappa shape index (κ2) is 30.6. The Labute approximate surface area is 340 Å². The normalized spacial score (nSPS) is 12.3. The van der Waals surface area contributed by atoms with Gasteiger partial charge >= 0.3 is 5.97 Å². The number of aromatic hydroxyl groups is 2. The summed E-state index contributed by atoms with van der Waals surface area (Å²) in [5.41, 5.74) is 3.24. The molecule has 2 rings (SSSR count). The summed E-state index contributed by atoms with van der Waals surface area (Å²) < 4.78 is 6.07. The number of unbranched alkanes of at least 4 members (excludes halogenated alkanes) is 24. The molecule has 314 valence electrons. The highest BCUT2D eigenvalue weighted by Crippen LogP contribution is 2.39. The molecule has 0 amide bonds. The number of ether oxygens (including phenoxy) is 1. The first-order valence-electron chi connectivity index (χ1n) is 23.5. The Bertz CT molecular complexity index is 1200. The van der Waals surface area contributed by atoms with Crippen molar-refractivity contribution < 1.29 is 19.7 Å². The molecule has 0 aliphatic carbocycles. The molecule has 0 saturated carbocycles. The van der Waals surface area contributed by atoms with E-state index in [1.54, 1.807) is 12.1 Å². The fourth-order valence-corrected chi connectivity index (χ4v) is 8.30. The van der Waals surface area contributed by atoms with E-state index in [0.29, 0.717) is 25.4 Å². The fraction of sp³-hybridized carbons (Fsp3) is 0.745. The van der Waals surface area contributed by atoms with Crippen LogP contribution in [-0.2, 0) is 14.9 Å². The lowest BCUT2D eigenvalue weighted by Gasteiger charge is -2.32. The first kappa shape index (κ1) is 48.7. The number of carbonyl (C=O) groups is 1. The van der Waals surface area contributed by atoms with Crippen LogP contribution < -0.4 is 0 Å². The van der Waals surface area contributed by atoms with Gasteiger partial charge in [0.2, 0.25) is 0 Å². The fourth-order valence-electron chi connectivity index (χ4n) is 8.30. The van der Waals surface area contributed by atoms with Crippen molar-refractivity contribution in [2.24, 2.45) is 5.92 Å². The molecule has 0 bridgehead atoms. The zero-order chi connectivity index (χ0) is 40.0. The van der Waals surface area contributed by atoms with Crippen LogP contribution in [0.2, 0.25) is 0 Å². The van der Waals surface area contributed by atoms with Gasteiger partial charge in [0, 0.05) is 11.8 Å². The molecule has 2 aromatic carbocycles. The van der Waals surface area contributed by atoms with Crippen molar-refractivity contribution in [1.29, 1.82) is 0 Å². The number of phenolic OH excluding ortho intramolecular Hbond substituents is 2. The van der Waals surface area contributed by atoms with Gasteiger partial charge in [-0.25, -0.2) is 0 Å². The molecular weight excluding hydrogens is 677 g/mol. The molecule has 55 heavy (non-hydrogen) atoms. The molecule has 0 fully saturated rings. The maximum absolute atomic E-state index is 13.4. The summed E-state index contributed by atoms with van der Waals surface area (Å²) >= 11 is 0. The van der Waals surface area contributed by atoms with Crippen molar-refractivity contribution in [2.45, 2.75) is 233 Å². The van der Waals surface area contributed by atoms with Crippen LogP contribution in [0.4, 0.5) is 0 Å². The summed E-state index contributed by atoms with van der Waals surface area (Å²) in [6.45, 7) is 11.1. The van der Waals surface area contributed by atoms with E-state index >= 15 is 0 Å². The van der Waals surface area contributed by atoms with Crippen molar-refractivity contribution in [3.8, 4) is 11.5 Å². The molecule has 0 aliphatic heterocycles. The second-order valence-corrected chi connectivity index (χ2v) is 17.4. The number of hydrogen-bond acceptors (Lipinski definition) is 4. The average molecular weight is 763 g/mol. The van der Waals surface area contributed by atoms with Crippen molar-refractivity contribution in [3.63, 3.8) is 0 Å². The number of carbonyl (C=O) groups excluding carboxylic acids is 1. The third-order valence-electron chi connectivity index (χ3n) is 12.4. The summed E-state index contributed by atoms with van der Waals surface area (Å²) in [5.74, 6) is 0.851. The average Bonchev–Trinajstić information content (AvgIpc) is 3.18. The quantitative estimate of drug-likeness (QED) is 0.0542. The molecule has 0 heterocycles. The maximum atomic E-state index is 13.4. The highest BCUT2D eigenvalue weighted by molar-refractivity contribution is 5.69. The number of phenols is 2. The Morgan fingerprint density at radius 2 is 0.873 bits per heavy atom. The number of esters is 1. The van der Waals surface area contributed by atoms with Gasteiger partial charge in [-0.3, -0.25) is 4.79 Å². The monoisotopic (exact) mass is 763 g/mol. The molecule has 4 heteroatoms. The minimum atomic E-state index is -0.474. The lowest BCUT2D eigenvalue weighted by Crippen LogP contribution is -2.26. The van der Waals surface area contributed by atoms with Crippen LogP contribution in [0.3, 0.4) is 0 Å². The predicted octanol–water partition coefficient (Wildman–Crippen LogP) is 15.9. The van der Waals surface area contributed by atoms with Crippen molar-refractivity contribution in [1.82, 2.24) is 0 Å². The van der Waals surface area contributed by atoms with E-state index in [1.807, 2.05) is 38.1 Å². The number of benzene rings is 2. The molecule has 4 nitrogen and oxygen atoms in total. The Morgan fingerprint density at radius 1 is 0.545 bits per heavy atom. The SMILES string of the molecule is CCCCCCCCCCCCCCCCC(CCCCCCCCCCCCCC)COC(=O)CCC(C)(c1ccc(O)c(C)c1)c1ccc(O)c(C)c1. The Morgan fingerprint density at radius 3 is 1.20 bits per heavy atom. The van der Waals surface area contributed by atoms with Crippen LogP contribution in [-0.4, -0.2) is 22.8 Å². The van der Waals surface area contributed by atoms with E-state index < -0.39 is 5.41 Å². The van der Waals surface area contributed by atoms with Gasteiger partial charge in [0.05, 0.1) is 6.61 Å². The van der Waals surface area contributed by atoms with Gasteiger partial charge in [-0.15, -0.1) is 0 Å². The van der Waals surface area contributed by atoms with Gasteiger partial charge in [0.25, 0.3) is 0 Å². The Kier molecular flexibility index (Phi) is 27.1. The van der Waals surface area contributed by atoms with Crippen molar-refractivity contribution >= 4 is 5.97 Å². The molecule has 0 aromatic heterocycles. The molecular formula is C51H86O4. The zero-order valence-corrected chi connectivity index (χ0v) is 36.7. The first-order valence-corrected chi connectivity index (χ1v) is 23.5. The van der Waals surface area contributed by atoms with E-state index in [-0.39, 0.29) is 17.5 Å². The first-order chi connectivity index (χ1) is 26.7. The minimum absolute atomic E-state index is 0.127. The second-order valence-electron chi connectivity index (χ2n) is 17.4. The van der Waals surface area contributed by atoms with Crippen LogP contribution in [0, 0.1) is 19.8 Å². The molecule has 1 atom stereocenters. The topological polar surface area (TPSA) is 66.8 Å². The van der Waals surface area contributed by atoms with Crippen LogP contribution in [0.15, 0.2) is 36.4 Å². The summed E-state index contributed by atoms with van der Waals surface area (Å²) in [6, 6.07) is 11.4. The predicted molar refractivity (Wildman–Crippen MR) is 236 cm³/mol. The van der Waals surface area contributed by atoms with Gasteiger partial charge in [-0.1, -0.05) is 212 Å². The van der Waals surface area contributed by atoms with Crippen molar-refractivity contribution in [2.75, 3.05) is 6.61 Å². The van der Waals surface area contributed by atoms with Crippen molar-refractivity contribution in [3.05, 3.63) is 58.7 Å². The van der Waals surface area contributed by atoms with E-state index in [2.05, 4.69) is 20.8 Å². The largest absolute Gasteiger partial charge is 0.508 e. The van der Waals surface area contributed by atoms with E-state index in [1.165, 1.54) is 167 Å². The standard InChI is InChI=1S/C51H86O4/c1-6-8-10-12-14-16-18-20-21-23-25-27-29-31-33-45(32-30-28-26-24-22-19-17-15-13-11-9-7-2)42-55-50(54)38-39-51(5,46-34-36-48(52)43(3)40-46)47-35-37-49(53)44(4)41-47/h34-37,40-41,45,52-53H,6-33,38-39,42H2,1-5H3. The Balaban J connectivity index is 1.83. The van der Waals surface area contributed by atoms with Gasteiger partial charge < -0.3 is 14.9 Å². The maximum Gasteiger partial charge on any atom is 0.305 e. The summed E-state index contributed by atoms with van der Waals surface area (Å²) in [7, 11) is 0. The number of aryl methyl sites for hydroxylation is 2. The van der Waals surface area contributed by atoms with Crippen LogP contribution >= 0.6 is 0 Å². The molecule has 1 unspecified atom stereocenters. The van der Waals surface area contributed by atoms with E-state index in [0.717, 1.165) is 35.1 Å². The number of rotatable bonds is 35. The van der Waals surface area contributed by atoms with Gasteiger partial charge in [-0.05, 0) is 73.4 Å². The van der Waals surface area contributed by atoms with Gasteiger partial charge in [-0.2, -0.15) is 0 Å². The highest BCUT2D eigenvalue weighted by atomic mass is 16.5. The smallest absolute Gasteiger partial charge is 0.305 e. The minimum Gasteiger partial charge on any atom is -0.508 e. The Hall–Kier alpha value is -2.49. The lowest BCUT2D eigenvalue weighted by molar-refractivity contribution is -0.145. The zero-order valence-electron chi connectivity index (χ0n) is 36.7. The lowest BCUT2D eigenvalue weighted by atomic mass is 9.72. The number of hydrogen-bond donors (Lipinski definition) is 2. The summed E-state index contributed by atoms with van der Waals surface area (Å²) in [4.78, 5) is 13.4. The summed E-state index contributed by atoms with van der Waals surface area (Å²) in [5, 5.41) is 20.5. The van der Waals surface area contributed by atoms with Gasteiger partial charge in [0.1, 0.15) is 11.5 Å². The van der Waals surface area contributed by atoms with Crippen LogP contribution in [0.25, 0.3) is 0 Å².